The van der Waals surface area contributed by atoms with Gasteiger partial charge >= 0.3 is 0 Å². The van der Waals surface area contributed by atoms with Crippen LogP contribution >= 0.6 is 11.6 Å². The molecule has 8 heteroatoms. The molecule has 0 spiro atoms. The normalized spacial score (nSPS) is 12.3. The fraction of sp³-hybridized carbons (Fsp3) is 0.350. The van der Waals surface area contributed by atoms with Gasteiger partial charge in [0, 0.05) is 0 Å². The molecule has 1 N–H and O–H groups in total. The molecule has 1 amide bonds. The van der Waals surface area contributed by atoms with Gasteiger partial charge in [0.25, 0.3) is 0 Å². The van der Waals surface area contributed by atoms with Crippen molar-refractivity contribution in [1.29, 1.82) is 0 Å². The number of halogens is 1. The molecule has 2 aromatic carbocycles. The Bertz CT molecular complexity index is 947. The fourth-order valence-corrected chi connectivity index (χ4v) is 4.10. The summed E-state index contributed by atoms with van der Waals surface area (Å²) < 4.78 is 30.7. The van der Waals surface area contributed by atoms with Crippen molar-refractivity contribution >= 4 is 33.2 Å². The topological polar surface area (TPSA) is 75.7 Å². The molecule has 0 aromatic heterocycles. The summed E-state index contributed by atoms with van der Waals surface area (Å²) in [7, 11) is -2.08. The molecule has 0 bridgehead atoms. The van der Waals surface area contributed by atoms with E-state index in [-0.39, 0.29) is 23.3 Å². The molecule has 0 saturated heterocycles. The minimum absolute atomic E-state index is 0.246. The van der Waals surface area contributed by atoms with Crippen LogP contribution in [0.2, 0.25) is 5.02 Å². The molecular weight excluding hydrogens is 400 g/mol. The Balaban J connectivity index is 2.21. The van der Waals surface area contributed by atoms with Crippen LogP contribution in [0.4, 0.5) is 5.69 Å². The first-order valence-electron chi connectivity index (χ1n) is 8.83. The summed E-state index contributed by atoms with van der Waals surface area (Å²) in [6.07, 6.45) is 1.70. The second kappa shape index (κ2) is 9.30. The summed E-state index contributed by atoms with van der Waals surface area (Å²) in [4.78, 5) is 12.7. The van der Waals surface area contributed by atoms with Gasteiger partial charge in [0.1, 0.15) is 12.3 Å². The SMILES string of the molecule is CC[C@@H](NC(=O)CN(c1ccccc1Cl)S(C)(=O)=O)c1ccc(OC)c(C)c1. The summed E-state index contributed by atoms with van der Waals surface area (Å²) >= 11 is 6.13. The molecule has 0 aliphatic carbocycles. The van der Waals surface area contributed by atoms with Crippen molar-refractivity contribution in [2.45, 2.75) is 26.3 Å². The van der Waals surface area contributed by atoms with Crippen LogP contribution in [0.5, 0.6) is 5.75 Å². The number of rotatable bonds is 8. The first-order valence-corrected chi connectivity index (χ1v) is 11.1. The Morgan fingerprint density at radius 1 is 1.25 bits per heavy atom. The van der Waals surface area contributed by atoms with Crippen molar-refractivity contribution in [3.63, 3.8) is 0 Å². The number of aryl methyl sites for hydroxylation is 1. The average molecular weight is 425 g/mol. The van der Waals surface area contributed by atoms with E-state index in [9.17, 15) is 13.2 Å². The lowest BCUT2D eigenvalue weighted by Gasteiger charge is -2.25. The molecule has 2 rings (SSSR count). The molecule has 6 nitrogen and oxygen atoms in total. The molecule has 152 valence electrons. The van der Waals surface area contributed by atoms with E-state index < -0.39 is 15.9 Å². The van der Waals surface area contributed by atoms with Crippen LogP contribution in [0.3, 0.4) is 0 Å². The first kappa shape index (κ1) is 22.0. The van der Waals surface area contributed by atoms with Gasteiger partial charge in [0.15, 0.2) is 0 Å². The van der Waals surface area contributed by atoms with Crippen molar-refractivity contribution in [1.82, 2.24) is 5.32 Å². The predicted octanol–water partition coefficient (Wildman–Crippen LogP) is 3.69. The van der Waals surface area contributed by atoms with Crippen LogP contribution in [-0.4, -0.2) is 34.2 Å². The number of carbonyl (C=O) groups is 1. The van der Waals surface area contributed by atoms with Crippen molar-refractivity contribution < 1.29 is 17.9 Å². The summed E-state index contributed by atoms with van der Waals surface area (Å²) in [5, 5.41) is 3.17. The van der Waals surface area contributed by atoms with Crippen LogP contribution in [-0.2, 0) is 14.8 Å². The highest BCUT2D eigenvalue weighted by Gasteiger charge is 2.24. The van der Waals surface area contributed by atoms with E-state index in [2.05, 4.69) is 5.32 Å². The second-order valence-electron chi connectivity index (χ2n) is 6.48. The number of nitrogens with one attached hydrogen (secondary N) is 1. The van der Waals surface area contributed by atoms with Gasteiger partial charge in [-0.3, -0.25) is 9.10 Å². The number of hydrogen-bond acceptors (Lipinski definition) is 4. The Labute approximate surface area is 171 Å². The largest absolute Gasteiger partial charge is 0.496 e. The van der Waals surface area contributed by atoms with Crippen LogP contribution < -0.4 is 14.4 Å². The zero-order valence-electron chi connectivity index (χ0n) is 16.4. The zero-order chi connectivity index (χ0) is 20.9. The van der Waals surface area contributed by atoms with Crippen LogP contribution in [0, 0.1) is 6.92 Å². The maximum atomic E-state index is 12.7. The maximum absolute atomic E-state index is 12.7. The van der Waals surface area contributed by atoms with E-state index in [1.165, 1.54) is 0 Å². The molecule has 28 heavy (non-hydrogen) atoms. The molecule has 0 unspecified atom stereocenters. The Hall–Kier alpha value is -2.25. The standard InChI is InChI=1S/C20H25ClN2O4S/c1-5-17(15-10-11-19(27-3)14(2)12-15)22-20(24)13-23(28(4,25)26)18-9-7-6-8-16(18)21/h6-12,17H,5,13H2,1-4H3,(H,22,24)/t17-/m1/s1. The summed E-state index contributed by atoms with van der Waals surface area (Å²) in [5.41, 5.74) is 2.16. The Kier molecular flexibility index (Phi) is 7.32. The molecule has 2 aromatic rings. The van der Waals surface area contributed by atoms with Crippen LogP contribution in [0.15, 0.2) is 42.5 Å². The Morgan fingerprint density at radius 2 is 1.93 bits per heavy atom. The van der Waals surface area contributed by atoms with Crippen molar-refractivity contribution in [3.8, 4) is 5.75 Å². The van der Waals surface area contributed by atoms with Crippen LogP contribution in [0.25, 0.3) is 0 Å². The molecule has 0 fully saturated rings. The van der Waals surface area contributed by atoms with Crippen molar-refractivity contribution in [3.05, 3.63) is 58.6 Å². The number of hydrogen-bond donors (Lipinski definition) is 1. The lowest BCUT2D eigenvalue weighted by atomic mass is 10.0. The smallest absolute Gasteiger partial charge is 0.241 e. The van der Waals surface area contributed by atoms with Gasteiger partial charge in [-0.05, 0) is 42.7 Å². The van der Waals surface area contributed by atoms with E-state index in [4.69, 9.17) is 16.3 Å². The van der Waals surface area contributed by atoms with Crippen molar-refractivity contribution in [2.75, 3.05) is 24.2 Å². The highest BCUT2D eigenvalue weighted by Crippen LogP contribution is 2.27. The van der Waals surface area contributed by atoms with Gasteiger partial charge in [-0.2, -0.15) is 0 Å². The summed E-state index contributed by atoms with van der Waals surface area (Å²) in [6.45, 7) is 3.53. The quantitative estimate of drug-likeness (QED) is 0.701. The molecule has 0 saturated carbocycles. The zero-order valence-corrected chi connectivity index (χ0v) is 18.0. The predicted molar refractivity (Wildman–Crippen MR) is 113 cm³/mol. The van der Waals surface area contributed by atoms with Crippen LogP contribution in [0.1, 0.15) is 30.5 Å². The number of benzene rings is 2. The minimum Gasteiger partial charge on any atom is -0.496 e. The fourth-order valence-electron chi connectivity index (χ4n) is 2.94. The van der Waals surface area contributed by atoms with Gasteiger partial charge in [0.2, 0.25) is 15.9 Å². The lowest BCUT2D eigenvalue weighted by molar-refractivity contribution is -0.120. The number of amides is 1. The van der Waals surface area contributed by atoms with Gasteiger partial charge in [-0.15, -0.1) is 0 Å². The third kappa shape index (κ3) is 5.39. The number of para-hydroxylation sites is 1. The third-order valence-electron chi connectivity index (χ3n) is 4.37. The van der Waals surface area contributed by atoms with Gasteiger partial charge in [-0.25, -0.2) is 8.42 Å². The number of anilines is 1. The molecule has 0 radical (unpaired) electrons. The highest BCUT2D eigenvalue weighted by atomic mass is 35.5. The number of nitrogens with zero attached hydrogens (tertiary/aromatic N) is 1. The third-order valence-corrected chi connectivity index (χ3v) is 5.82. The van der Waals surface area contributed by atoms with E-state index >= 15 is 0 Å². The second-order valence-corrected chi connectivity index (χ2v) is 8.79. The van der Waals surface area contributed by atoms with E-state index in [0.29, 0.717) is 6.42 Å². The molecule has 0 heterocycles. The molecule has 0 aliphatic rings. The van der Waals surface area contributed by atoms with E-state index in [1.54, 1.807) is 31.4 Å². The molecule has 0 aliphatic heterocycles. The van der Waals surface area contributed by atoms with E-state index in [1.807, 2.05) is 32.0 Å². The number of carbonyl (C=O) groups excluding carboxylic acids is 1. The molecule has 1 atom stereocenters. The highest BCUT2D eigenvalue weighted by molar-refractivity contribution is 7.92. The monoisotopic (exact) mass is 424 g/mol. The van der Waals surface area contributed by atoms with Gasteiger partial charge in [-0.1, -0.05) is 42.8 Å². The number of ether oxygens (including phenoxy) is 1. The lowest BCUT2D eigenvalue weighted by Crippen LogP contribution is -2.41. The summed E-state index contributed by atoms with van der Waals surface area (Å²) in [6, 6.07) is 12.0. The molecular formula is C20H25ClN2O4S. The number of methoxy groups -OCH3 is 1. The first-order chi connectivity index (χ1) is 13.2. The number of sulfonamides is 1. The van der Waals surface area contributed by atoms with Gasteiger partial charge in [0.05, 0.1) is 30.1 Å². The van der Waals surface area contributed by atoms with E-state index in [0.717, 1.165) is 27.4 Å². The maximum Gasteiger partial charge on any atom is 0.241 e. The van der Waals surface area contributed by atoms with Crippen molar-refractivity contribution in [2.24, 2.45) is 0 Å². The van der Waals surface area contributed by atoms with Gasteiger partial charge < -0.3 is 10.1 Å². The minimum atomic E-state index is -3.69. The Morgan fingerprint density at radius 3 is 2.46 bits per heavy atom. The summed E-state index contributed by atoms with van der Waals surface area (Å²) in [5.74, 6) is 0.359. The average Bonchev–Trinajstić information content (AvgIpc) is 2.64.